The van der Waals surface area contributed by atoms with E-state index in [0.29, 0.717) is 0 Å². The first-order valence-electron chi connectivity index (χ1n) is 4.12. The number of hydrogen-bond donors (Lipinski definition) is 3. The van der Waals surface area contributed by atoms with E-state index in [0.717, 1.165) is 21.5 Å². The smallest absolute Gasteiger partial charge is 0.190 e. The van der Waals surface area contributed by atoms with Crippen LogP contribution >= 0.6 is 11.3 Å². The highest BCUT2D eigenvalue weighted by Crippen LogP contribution is 2.25. The van der Waals surface area contributed by atoms with Crippen LogP contribution in [0.3, 0.4) is 0 Å². The fraction of sp³-hybridized carbons (Fsp3) is 0.111. The Kier molecular flexibility index (Phi) is 2.09. The van der Waals surface area contributed by atoms with Crippen LogP contribution in [-0.4, -0.2) is 10.9 Å². The van der Waals surface area contributed by atoms with E-state index in [-0.39, 0.29) is 5.96 Å². The fourth-order valence-electron chi connectivity index (χ4n) is 1.28. The summed E-state index contributed by atoms with van der Waals surface area (Å²) in [6, 6.07) is 3.95. The van der Waals surface area contributed by atoms with Crippen molar-refractivity contribution in [3.8, 4) is 0 Å². The van der Waals surface area contributed by atoms with Crippen LogP contribution in [0.4, 0.5) is 5.69 Å². The van der Waals surface area contributed by atoms with Crippen LogP contribution in [0.25, 0.3) is 10.2 Å². The predicted molar refractivity (Wildman–Crippen MR) is 59.9 cm³/mol. The second kappa shape index (κ2) is 3.26. The highest BCUT2D eigenvalue weighted by atomic mass is 32.1. The van der Waals surface area contributed by atoms with Crippen molar-refractivity contribution >= 4 is 33.2 Å². The molecule has 14 heavy (non-hydrogen) atoms. The third kappa shape index (κ3) is 1.54. The number of nitrogens with zero attached hydrogens (tertiary/aromatic N) is 1. The van der Waals surface area contributed by atoms with E-state index in [4.69, 9.17) is 11.1 Å². The Bertz CT molecular complexity index is 489. The minimum atomic E-state index is -0.0531. The first-order valence-corrected chi connectivity index (χ1v) is 4.99. The summed E-state index contributed by atoms with van der Waals surface area (Å²) in [6.07, 6.45) is 0. The van der Waals surface area contributed by atoms with Crippen LogP contribution in [0.15, 0.2) is 17.6 Å². The molecule has 1 aromatic heterocycles. The second-order valence-electron chi connectivity index (χ2n) is 3.03. The maximum absolute atomic E-state index is 7.15. The lowest BCUT2D eigenvalue weighted by atomic mass is 10.2. The first kappa shape index (κ1) is 8.96. The maximum Gasteiger partial charge on any atom is 0.190 e. The van der Waals surface area contributed by atoms with E-state index < -0.39 is 0 Å². The molecule has 5 heteroatoms. The zero-order valence-electron chi connectivity index (χ0n) is 7.66. The Labute approximate surface area is 85.3 Å². The molecule has 72 valence electrons. The van der Waals surface area contributed by atoms with Gasteiger partial charge in [0.15, 0.2) is 5.96 Å². The molecule has 0 amide bonds. The summed E-state index contributed by atoms with van der Waals surface area (Å²) >= 11 is 1.61. The molecule has 0 fully saturated rings. The third-order valence-corrected chi connectivity index (χ3v) is 2.74. The molecule has 0 aliphatic carbocycles. The topological polar surface area (TPSA) is 74.8 Å². The molecule has 4 N–H and O–H groups in total. The number of nitrogens with two attached hydrogens (primary N) is 1. The number of guanidine groups is 1. The summed E-state index contributed by atoms with van der Waals surface area (Å²) in [7, 11) is 0. The summed E-state index contributed by atoms with van der Waals surface area (Å²) in [5, 5.41) is 9.93. The lowest BCUT2D eigenvalue weighted by Gasteiger charge is -2.06. The summed E-state index contributed by atoms with van der Waals surface area (Å²) in [6.45, 7) is 1.98. The van der Waals surface area contributed by atoms with Gasteiger partial charge in [0.1, 0.15) is 0 Å². The summed E-state index contributed by atoms with van der Waals surface area (Å²) in [5.41, 5.74) is 9.92. The van der Waals surface area contributed by atoms with Crippen LogP contribution < -0.4 is 11.1 Å². The van der Waals surface area contributed by atoms with Crippen LogP contribution in [0, 0.1) is 12.3 Å². The van der Waals surface area contributed by atoms with Gasteiger partial charge in [0, 0.05) is 5.69 Å². The monoisotopic (exact) mass is 206 g/mol. The first-order chi connectivity index (χ1) is 6.66. The number of rotatable bonds is 1. The van der Waals surface area contributed by atoms with Crippen molar-refractivity contribution in [3.63, 3.8) is 0 Å². The average molecular weight is 206 g/mol. The molecule has 0 spiro atoms. The Morgan fingerprint density at radius 3 is 3.07 bits per heavy atom. The Hall–Kier alpha value is -1.62. The number of anilines is 1. The van der Waals surface area contributed by atoms with Crippen molar-refractivity contribution in [3.05, 3.63) is 23.2 Å². The minimum Gasteiger partial charge on any atom is -0.370 e. The molecule has 0 bridgehead atoms. The number of nitrogens with one attached hydrogen (secondary N) is 2. The number of thiazole rings is 1. The Balaban J connectivity index is 2.53. The molecule has 4 nitrogen and oxygen atoms in total. The van der Waals surface area contributed by atoms with Crippen LogP contribution in [0.5, 0.6) is 0 Å². The number of fused-ring (bicyclic) bond motifs is 1. The lowest BCUT2D eigenvalue weighted by Crippen LogP contribution is -2.20. The van der Waals surface area contributed by atoms with Crippen molar-refractivity contribution in [2.24, 2.45) is 5.73 Å². The molecule has 0 saturated carbocycles. The molecule has 2 rings (SSSR count). The van der Waals surface area contributed by atoms with Crippen molar-refractivity contribution in [2.45, 2.75) is 6.92 Å². The van der Waals surface area contributed by atoms with Crippen LogP contribution in [0.2, 0.25) is 0 Å². The van der Waals surface area contributed by atoms with Gasteiger partial charge < -0.3 is 11.1 Å². The largest absolute Gasteiger partial charge is 0.370 e. The molecule has 0 aliphatic rings. The Morgan fingerprint density at radius 1 is 1.57 bits per heavy atom. The fourth-order valence-corrected chi connectivity index (χ4v) is 2.04. The molecule has 0 unspecified atom stereocenters. The Morgan fingerprint density at radius 2 is 2.36 bits per heavy atom. The second-order valence-corrected chi connectivity index (χ2v) is 3.91. The normalized spacial score (nSPS) is 10.4. The number of aromatic nitrogens is 1. The molecule has 2 aromatic rings. The van der Waals surface area contributed by atoms with Gasteiger partial charge in [-0.25, -0.2) is 4.98 Å². The molecular formula is C9H10N4S. The van der Waals surface area contributed by atoms with Gasteiger partial charge in [-0.3, -0.25) is 5.41 Å². The van der Waals surface area contributed by atoms with Gasteiger partial charge in [-0.05, 0) is 24.6 Å². The van der Waals surface area contributed by atoms with Crippen molar-refractivity contribution in [1.82, 2.24) is 4.98 Å². The van der Waals surface area contributed by atoms with Gasteiger partial charge in [-0.1, -0.05) is 0 Å². The lowest BCUT2D eigenvalue weighted by molar-refractivity contribution is 1.38. The number of benzene rings is 1. The summed E-state index contributed by atoms with van der Waals surface area (Å²) < 4.78 is 1.15. The van der Waals surface area contributed by atoms with Crippen molar-refractivity contribution in [1.29, 1.82) is 5.41 Å². The average Bonchev–Trinajstić information content (AvgIpc) is 2.51. The van der Waals surface area contributed by atoms with E-state index in [9.17, 15) is 0 Å². The standard InChI is InChI=1S/C9H10N4S/c1-5-2-8-7(12-4-14-8)3-6(5)13-9(10)11/h2-4H,1H3,(H4,10,11,13). The SMILES string of the molecule is Cc1cc2scnc2cc1NC(=N)N. The minimum absolute atomic E-state index is 0.0531. The predicted octanol–water partition coefficient (Wildman–Crippen LogP) is 1.91. The molecule has 0 radical (unpaired) electrons. The summed E-state index contributed by atoms with van der Waals surface area (Å²) in [4.78, 5) is 4.19. The van der Waals surface area contributed by atoms with Gasteiger partial charge in [0.2, 0.25) is 0 Å². The molecule has 1 heterocycles. The van der Waals surface area contributed by atoms with E-state index in [2.05, 4.69) is 10.3 Å². The van der Waals surface area contributed by atoms with Crippen LogP contribution in [0.1, 0.15) is 5.56 Å². The van der Waals surface area contributed by atoms with Gasteiger partial charge in [0.25, 0.3) is 0 Å². The van der Waals surface area contributed by atoms with Gasteiger partial charge >= 0.3 is 0 Å². The molecule has 0 atom stereocenters. The van der Waals surface area contributed by atoms with Crippen molar-refractivity contribution in [2.75, 3.05) is 5.32 Å². The van der Waals surface area contributed by atoms with Crippen LogP contribution in [-0.2, 0) is 0 Å². The van der Waals surface area contributed by atoms with E-state index in [1.807, 2.05) is 24.6 Å². The van der Waals surface area contributed by atoms with Gasteiger partial charge in [-0.15, -0.1) is 11.3 Å². The molecular weight excluding hydrogens is 196 g/mol. The molecule has 0 saturated heterocycles. The number of hydrogen-bond acceptors (Lipinski definition) is 3. The maximum atomic E-state index is 7.15. The number of aryl methyl sites for hydroxylation is 1. The van der Waals surface area contributed by atoms with E-state index in [1.165, 1.54) is 0 Å². The molecule has 1 aromatic carbocycles. The van der Waals surface area contributed by atoms with E-state index in [1.54, 1.807) is 11.3 Å². The van der Waals surface area contributed by atoms with Crippen molar-refractivity contribution < 1.29 is 0 Å². The highest BCUT2D eigenvalue weighted by molar-refractivity contribution is 7.16. The zero-order valence-corrected chi connectivity index (χ0v) is 8.48. The quantitative estimate of drug-likeness (QED) is 0.493. The molecule has 0 aliphatic heterocycles. The van der Waals surface area contributed by atoms with Gasteiger partial charge in [-0.2, -0.15) is 0 Å². The van der Waals surface area contributed by atoms with Gasteiger partial charge in [0.05, 0.1) is 15.7 Å². The highest BCUT2D eigenvalue weighted by Gasteiger charge is 2.03. The van der Waals surface area contributed by atoms with E-state index >= 15 is 0 Å². The summed E-state index contributed by atoms with van der Waals surface area (Å²) in [5.74, 6) is -0.0531. The third-order valence-electron chi connectivity index (χ3n) is 1.95. The zero-order chi connectivity index (χ0) is 10.1.